The predicted octanol–water partition coefficient (Wildman–Crippen LogP) is -7.70. The number of hydrogen-bond donors (Lipinski definition) is 2. The maximum absolute atomic E-state index is 15.0. The summed E-state index contributed by atoms with van der Waals surface area (Å²) in [4.78, 5) is 25.8. The van der Waals surface area contributed by atoms with Gasteiger partial charge < -0.3 is 38.7 Å². The average molecular weight is 431 g/mol. The first-order valence-electron chi connectivity index (χ1n) is 8.52. The smallest absolute Gasteiger partial charge is 1.00 e. The van der Waals surface area contributed by atoms with E-state index in [9.17, 15) is 19.1 Å². The van der Waals surface area contributed by atoms with E-state index >= 15 is 0 Å². The number of pyridine rings is 1. The average Bonchev–Trinajstić information content (AvgIpc) is 3.09. The molecule has 2 heterocycles. The first kappa shape index (κ1) is 29.4. The van der Waals surface area contributed by atoms with Gasteiger partial charge in [0.05, 0.1) is 18.0 Å². The fourth-order valence-corrected chi connectivity index (χ4v) is 3.58. The molecular formula is C18H22BF4N3O4. The van der Waals surface area contributed by atoms with E-state index < -0.39 is 17.2 Å². The van der Waals surface area contributed by atoms with E-state index in [2.05, 4.69) is 5.32 Å². The fraction of sp³-hybridized carbons (Fsp3) is 0.444. The Bertz CT molecular complexity index is 942. The van der Waals surface area contributed by atoms with Crippen LogP contribution in [0.5, 0.6) is 5.75 Å². The third-order valence-corrected chi connectivity index (χ3v) is 4.93. The number of rotatable bonds is 5. The molecule has 0 bridgehead atoms. The van der Waals surface area contributed by atoms with Gasteiger partial charge in [-0.3, -0.25) is 4.79 Å². The van der Waals surface area contributed by atoms with E-state index in [0.717, 1.165) is 12.5 Å². The molecule has 1 fully saturated rings. The Balaban J connectivity index is 0. The molecular weight excluding hydrogens is 409 g/mol. The van der Waals surface area contributed by atoms with E-state index in [1.807, 2.05) is 18.9 Å². The van der Waals surface area contributed by atoms with Crippen LogP contribution in [0, 0.1) is 5.82 Å². The van der Waals surface area contributed by atoms with Crippen LogP contribution < -0.4 is 34.5 Å². The van der Waals surface area contributed by atoms with Gasteiger partial charge in [-0.1, -0.05) is 0 Å². The van der Waals surface area contributed by atoms with Crippen molar-refractivity contribution in [2.45, 2.75) is 25.9 Å². The van der Waals surface area contributed by atoms with Crippen molar-refractivity contribution in [2.75, 3.05) is 32.1 Å². The Hall–Kier alpha value is -2.76. The van der Waals surface area contributed by atoms with E-state index in [-0.39, 0.29) is 45.3 Å². The molecule has 1 aromatic carbocycles. The number of ether oxygens (including phenoxy) is 1. The summed E-state index contributed by atoms with van der Waals surface area (Å²) in [7, 11) is 3.29. The Morgan fingerprint density at radius 3 is 2.47 bits per heavy atom. The molecule has 3 rings (SSSR count). The number of nitrogens with one attached hydrogen (secondary N) is 1. The summed E-state index contributed by atoms with van der Waals surface area (Å²) in [6.07, 6.45) is 2.16. The van der Waals surface area contributed by atoms with Gasteiger partial charge in [-0.25, -0.2) is 9.18 Å². The van der Waals surface area contributed by atoms with Gasteiger partial charge in [0.15, 0.2) is 11.6 Å². The third kappa shape index (κ3) is 4.69. The number of aromatic nitrogens is 1. The number of carboxylic acid groups (broad SMARTS) is 1. The minimum Gasteiger partial charge on any atom is -1.00 e. The van der Waals surface area contributed by atoms with Gasteiger partial charge in [-0.15, -0.1) is 0 Å². The first-order chi connectivity index (χ1) is 12.4. The van der Waals surface area contributed by atoms with Crippen molar-refractivity contribution in [1.29, 1.82) is 0 Å². The summed E-state index contributed by atoms with van der Waals surface area (Å²) in [5, 5.41) is 12.5. The van der Waals surface area contributed by atoms with Crippen LogP contribution in [0.3, 0.4) is 0 Å². The standard InChI is InChI=1S/C18H22FN3O4.B.3FH/c1-4-21-9-12(18(24)25)16(23)11-7-13(19)15(17(26-3)14(11)21)22-6-5-10(8-22)20-2;;;;/h7,9-10,20H,4-6,8H2,1-3H3,(H,24,25);;3*1H/q;+3;;;/p-3. The van der Waals surface area contributed by atoms with Gasteiger partial charge in [0.25, 0.3) is 0 Å². The zero-order valence-corrected chi connectivity index (χ0v) is 16.7. The van der Waals surface area contributed by atoms with Crippen molar-refractivity contribution in [3.8, 4) is 5.75 Å². The fourth-order valence-electron chi connectivity index (χ4n) is 3.58. The summed E-state index contributed by atoms with van der Waals surface area (Å²) < 4.78 is 22.1. The molecule has 7 nitrogen and oxygen atoms in total. The van der Waals surface area contributed by atoms with Crippen LogP contribution in [0.15, 0.2) is 17.1 Å². The minimum absolute atomic E-state index is 0. The Morgan fingerprint density at radius 1 is 1.37 bits per heavy atom. The van der Waals surface area contributed by atoms with Gasteiger partial charge in [-0.2, -0.15) is 0 Å². The monoisotopic (exact) mass is 431 g/mol. The zero-order valence-electron chi connectivity index (χ0n) is 16.7. The van der Waals surface area contributed by atoms with Crippen molar-refractivity contribution in [3.05, 3.63) is 33.9 Å². The number of methoxy groups -OCH3 is 1. The number of halogens is 4. The van der Waals surface area contributed by atoms with Crippen molar-refractivity contribution in [2.24, 2.45) is 0 Å². The molecule has 0 spiro atoms. The van der Waals surface area contributed by atoms with Crippen molar-refractivity contribution in [1.82, 2.24) is 9.88 Å². The molecule has 0 aliphatic carbocycles. The first-order valence-corrected chi connectivity index (χ1v) is 8.52. The van der Waals surface area contributed by atoms with Gasteiger partial charge in [0.1, 0.15) is 11.3 Å². The summed E-state index contributed by atoms with van der Waals surface area (Å²) in [6, 6.07) is 1.37. The van der Waals surface area contributed by atoms with Crippen molar-refractivity contribution < 1.29 is 33.1 Å². The summed E-state index contributed by atoms with van der Waals surface area (Å²) >= 11 is 0. The molecule has 1 aliphatic rings. The molecule has 30 heavy (non-hydrogen) atoms. The number of carboxylic acids is 1. The number of hydrogen-bond acceptors (Lipinski definition) is 5. The van der Waals surface area contributed by atoms with Crippen molar-refractivity contribution in [3.63, 3.8) is 0 Å². The molecule has 2 N–H and O–H groups in total. The maximum Gasteiger partial charge on any atom is 3.00 e. The molecule has 0 amide bonds. The van der Waals surface area contributed by atoms with Crippen LogP contribution in [0.4, 0.5) is 10.1 Å². The predicted molar refractivity (Wildman–Crippen MR) is 103 cm³/mol. The molecule has 1 saturated heterocycles. The summed E-state index contributed by atoms with van der Waals surface area (Å²) in [5.41, 5.74) is -0.378. The van der Waals surface area contributed by atoms with Gasteiger partial charge >= 0.3 is 14.4 Å². The molecule has 1 atom stereocenters. The molecule has 0 radical (unpaired) electrons. The topological polar surface area (TPSA) is 83.8 Å². The maximum atomic E-state index is 15.0. The minimum atomic E-state index is -1.33. The molecule has 12 heteroatoms. The number of likely N-dealkylation sites (N-methyl/N-ethyl adjacent to an activating group) is 1. The van der Waals surface area contributed by atoms with Gasteiger partial charge in [-0.05, 0) is 26.5 Å². The van der Waals surface area contributed by atoms with Crippen LogP contribution in [0.25, 0.3) is 10.9 Å². The quantitative estimate of drug-likeness (QED) is 0.362. The molecule has 1 unspecified atom stereocenters. The molecule has 1 aromatic heterocycles. The number of benzene rings is 1. The molecule has 2 aromatic rings. The summed E-state index contributed by atoms with van der Waals surface area (Å²) in [6.45, 7) is 3.52. The van der Waals surface area contributed by atoms with Gasteiger partial charge in [0, 0.05) is 31.9 Å². The second kappa shape index (κ2) is 11.4. The Kier molecular flexibility index (Phi) is 11.2. The van der Waals surface area contributed by atoms with E-state index in [4.69, 9.17) is 4.74 Å². The third-order valence-electron chi connectivity index (χ3n) is 4.93. The number of carbonyl (C=O) groups is 1. The number of fused-ring (bicyclic) bond motifs is 1. The van der Waals surface area contributed by atoms with Crippen molar-refractivity contribution >= 4 is 31.0 Å². The second-order valence-electron chi connectivity index (χ2n) is 6.32. The molecule has 0 saturated carbocycles. The van der Waals surface area contributed by atoms with Crippen LogP contribution in [0.1, 0.15) is 23.7 Å². The summed E-state index contributed by atoms with van der Waals surface area (Å²) in [5.74, 6) is -1.67. The Labute approximate surface area is 172 Å². The number of aryl methyl sites for hydroxylation is 1. The zero-order chi connectivity index (χ0) is 19.0. The van der Waals surface area contributed by atoms with E-state index in [1.165, 1.54) is 13.3 Å². The normalized spacial score (nSPS) is 14.8. The van der Waals surface area contributed by atoms with Crippen LogP contribution >= 0.6 is 0 Å². The van der Waals surface area contributed by atoms with Gasteiger partial charge in [0.2, 0.25) is 5.43 Å². The van der Waals surface area contributed by atoms with E-state index in [0.29, 0.717) is 30.8 Å². The largest absolute Gasteiger partial charge is 3.00 e. The van der Waals surface area contributed by atoms with E-state index in [1.54, 1.807) is 4.57 Å². The molecule has 164 valence electrons. The Morgan fingerprint density at radius 2 is 2.00 bits per heavy atom. The van der Waals surface area contributed by atoms with Crippen LogP contribution in [0.2, 0.25) is 0 Å². The second-order valence-corrected chi connectivity index (χ2v) is 6.32. The van der Waals surface area contributed by atoms with Crippen LogP contribution in [-0.2, 0) is 6.54 Å². The number of aromatic carboxylic acids is 1. The number of anilines is 1. The number of nitrogens with zero attached hydrogens (tertiary/aromatic N) is 2. The molecule has 1 aliphatic heterocycles. The van der Waals surface area contributed by atoms with Crippen LogP contribution in [-0.4, -0.2) is 57.3 Å². The SMILES string of the molecule is CCn1cc(C(=O)O)c(=O)c2cc(F)c(N3CCC(NC)C3)c(OC)c21.[B+3].[F-].[F-].[F-].